The van der Waals surface area contributed by atoms with Gasteiger partial charge in [-0.3, -0.25) is 0 Å². The smallest absolute Gasteiger partial charge is 0.416 e. The van der Waals surface area contributed by atoms with E-state index in [1.807, 2.05) is 0 Å². The Morgan fingerprint density at radius 2 is 1.74 bits per heavy atom. The molecule has 2 aromatic carbocycles. The molecule has 3 rings (SSSR count). The molecule has 0 aliphatic carbocycles. The maximum Gasteiger partial charge on any atom is 0.416 e. The third kappa shape index (κ3) is 2.67. The molecule has 0 aliphatic rings. The number of benzene rings is 2. The molecule has 23 heavy (non-hydrogen) atoms. The van der Waals surface area contributed by atoms with Gasteiger partial charge in [-0.2, -0.15) is 13.2 Å². The van der Waals surface area contributed by atoms with Crippen LogP contribution in [0.25, 0.3) is 21.9 Å². The summed E-state index contributed by atoms with van der Waals surface area (Å²) in [4.78, 5) is 4.16. The molecule has 0 radical (unpaired) electrons. The molecule has 3 aromatic rings. The second kappa shape index (κ2) is 5.46. The monoisotopic (exact) mass is 319 g/mol. The molecule has 118 valence electrons. The third-order valence-corrected chi connectivity index (χ3v) is 3.57. The molecule has 1 heterocycles. The van der Waals surface area contributed by atoms with E-state index in [9.17, 15) is 18.3 Å². The molecular formula is C17H12F3NO2. The van der Waals surface area contributed by atoms with Crippen LogP contribution in [-0.4, -0.2) is 17.2 Å². The number of ether oxygens (including phenoxy) is 1. The largest absolute Gasteiger partial charge is 0.507 e. The van der Waals surface area contributed by atoms with Crippen LogP contribution in [0.2, 0.25) is 0 Å². The number of aromatic nitrogens is 1. The lowest BCUT2D eigenvalue weighted by Gasteiger charge is -2.12. The van der Waals surface area contributed by atoms with Gasteiger partial charge < -0.3 is 9.84 Å². The molecular weight excluding hydrogens is 307 g/mol. The first kappa shape index (κ1) is 15.1. The average molecular weight is 319 g/mol. The Hall–Kier alpha value is -2.76. The van der Waals surface area contributed by atoms with Crippen molar-refractivity contribution in [1.82, 2.24) is 4.98 Å². The van der Waals surface area contributed by atoms with E-state index < -0.39 is 11.7 Å². The zero-order valence-corrected chi connectivity index (χ0v) is 12.1. The van der Waals surface area contributed by atoms with Crippen LogP contribution in [0.5, 0.6) is 11.6 Å². The van der Waals surface area contributed by atoms with Gasteiger partial charge in [-0.1, -0.05) is 18.2 Å². The number of rotatable bonds is 2. The van der Waals surface area contributed by atoms with Gasteiger partial charge >= 0.3 is 6.18 Å². The Bertz CT molecular complexity index is 858. The quantitative estimate of drug-likeness (QED) is 0.748. The Morgan fingerprint density at radius 3 is 2.35 bits per heavy atom. The Kier molecular flexibility index (Phi) is 3.60. The molecule has 0 saturated carbocycles. The SMILES string of the molecule is COc1ncc(-c2ccc(C(F)(F)F)cc2)c2c(O)cccc12. The highest BCUT2D eigenvalue weighted by Gasteiger charge is 2.30. The van der Waals surface area contributed by atoms with Crippen LogP contribution in [0.4, 0.5) is 13.2 Å². The lowest BCUT2D eigenvalue weighted by atomic mass is 9.99. The van der Waals surface area contributed by atoms with Gasteiger partial charge in [-0.05, 0) is 29.8 Å². The Labute approximate surface area is 130 Å². The highest BCUT2D eigenvalue weighted by molar-refractivity contribution is 6.02. The van der Waals surface area contributed by atoms with Crippen molar-refractivity contribution in [2.24, 2.45) is 0 Å². The van der Waals surface area contributed by atoms with E-state index >= 15 is 0 Å². The van der Waals surface area contributed by atoms with Crippen LogP contribution in [0.1, 0.15) is 5.56 Å². The number of hydrogen-bond donors (Lipinski definition) is 1. The fourth-order valence-corrected chi connectivity index (χ4v) is 2.48. The van der Waals surface area contributed by atoms with Crippen molar-refractivity contribution in [2.75, 3.05) is 7.11 Å². The van der Waals surface area contributed by atoms with Crippen molar-refractivity contribution >= 4 is 10.8 Å². The van der Waals surface area contributed by atoms with E-state index in [2.05, 4.69) is 4.98 Å². The normalized spacial score (nSPS) is 11.7. The van der Waals surface area contributed by atoms with Crippen molar-refractivity contribution in [2.45, 2.75) is 6.18 Å². The number of hydrogen-bond acceptors (Lipinski definition) is 3. The number of phenols is 1. The molecule has 1 N–H and O–H groups in total. The molecule has 3 nitrogen and oxygen atoms in total. The van der Waals surface area contributed by atoms with Gasteiger partial charge in [-0.15, -0.1) is 0 Å². The van der Waals surface area contributed by atoms with Gasteiger partial charge in [0.25, 0.3) is 0 Å². The van der Waals surface area contributed by atoms with E-state index in [1.165, 1.54) is 31.5 Å². The molecule has 0 spiro atoms. The Balaban J connectivity index is 2.21. The summed E-state index contributed by atoms with van der Waals surface area (Å²) in [7, 11) is 1.46. The number of phenolic OH excluding ortho intramolecular Hbond substituents is 1. The maximum absolute atomic E-state index is 12.7. The maximum atomic E-state index is 12.7. The van der Waals surface area contributed by atoms with Gasteiger partial charge in [0, 0.05) is 22.5 Å². The van der Waals surface area contributed by atoms with Crippen molar-refractivity contribution in [3.8, 4) is 22.8 Å². The van der Waals surface area contributed by atoms with Gasteiger partial charge in [0.15, 0.2) is 0 Å². The number of aromatic hydroxyl groups is 1. The minimum Gasteiger partial charge on any atom is -0.507 e. The predicted molar refractivity (Wildman–Crippen MR) is 80.4 cm³/mol. The summed E-state index contributed by atoms with van der Waals surface area (Å²) in [6.07, 6.45) is -2.91. The molecule has 0 aliphatic heterocycles. The fraction of sp³-hybridized carbons (Fsp3) is 0.118. The van der Waals surface area contributed by atoms with Gasteiger partial charge in [0.2, 0.25) is 5.88 Å². The number of alkyl halides is 3. The predicted octanol–water partition coefficient (Wildman–Crippen LogP) is 4.63. The number of methoxy groups -OCH3 is 1. The number of halogens is 3. The lowest BCUT2D eigenvalue weighted by molar-refractivity contribution is -0.137. The number of nitrogens with zero attached hydrogens (tertiary/aromatic N) is 1. The van der Waals surface area contributed by atoms with Crippen molar-refractivity contribution < 1.29 is 23.0 Å². The van der Waals surface area contributed by atoms with Crippen LogP contribution >= 0.6 is 0 Å². The third-order valence-electron chi connectivity index (χ3n) is 3.57. The molecule has 0 atom stereocenters. The summed E-state index contributed by atoms with van der Waals surface area (Å²) < 4.78 is 43.2. The first-order valence-electron chi connectivity index (χ1n) is 6.74. The van der Waals surface area contributed by atoms with Crippen LogP contribution < -0.4 is 4.74 Å². The van der Waals surface area contributed by atoms with E-state index in [-0.39, 0.29) is 5.75 Å². The summed E-state index contributed by atoms with van der Waals surface area (Å²) in [5.41, 5.74) is 0.337. The first-order chi connectivity index (χ1) is 10.9. The fourth-order valence-electron chi connectivity index (χ4n) is 2.48. The number of pyridine rings is 1. The average Bonchev–Trinajstić information content (AvgIpc) is 2.53. The van der Waals surface area contributed by atoms with E-state index in [1.54, 1.807) is 12.1 Å². The van der Waals surface area contributed by atoms with E-state index in [0.29, 0.717) is 27.8 Å². The lowest BCUT2D eigenvalue weighted by Crippen LogP contribution is -2.04. The van der Waals surface area contributed by atoms with Crippen molar-refractivity contribution in [3.63, 3.8) is 0 Å². The molecule has 0 bridgehead atoms. The minimum absolute atomic E-state index is 0.0121. The summed E-state index contributed by atoms with van der Waals surface area (Å²) >= 11 is 0. The summed E-state index contributed by atoms with van der Waals surface area (Å²) in [6.45, 7) is 0. The van der Waals surface area contributed by atoms with Crippen LogP contribution in [0, 0.1) is 0 Å². The zero-order valence-electron chi connectivity index (χ0n) is 12.1. The van der Waals surface area contributed by atoms with Crippen molar-refractivity contribution in [1.29, 1.82) is 0 Å². The highest BCUT2D eigenvalue weighted by atomic mass is 19.4. The van der Waals surface area contributed by atoms with Gasteiger partial charge in [-0.25, -0.2) is 4.98 Å². The molecule has 0 fully saturated rings. The molecule has 0 unspecified atom stereocenters. The molecule has 6 heteroatoms. The highest BCUT2D eigenvalue weighted by Crippen LogP contribution is 2.38. The zero-order chi connectivity index (χ0) is 16.6. The van der Waals surface area contributed by atoms with Crippen molar-refractivity contribution in [3.05, 3.63) is 54.2 Å². The van der Waals surface area contributed by atoms with E-state index in [4.69, 9.17) is 4.74 Å². The topological polar surface area (TPSA) is 42.4 Å². The summed E-state index contributed by atoms with van der Waals surface area (Å²) in [6, 6.07) is 9.62. The van der Waals surface area contributed by atoms with Gasteiger partial charge in [0.05, 0.1) is 12.7 Å². The van der Waals surface area contributed by atoms with Gasteiger partial charge in [0.1, 0.15) is 5.75 Å². The first-order valence-corrected chi connectivity index (χ1v) is 6.74. The van der Waals surface area contributed by atoms with E-state index in [0.717, 1.165) is 12.1 Å². The van der Waals surface area contributed by atoms with Crippen LogP contribution in [-0.2, 0) is 6.18 Å². The van der Waals surface area contributed by atoms with Crippen LogP contribution in [0.3, 0.4) is 0 Å². The van der Waals surface area contributed by atoms with Crippen LogP contribution in [0.15, 0.2) is 48.7 Å². The standard InChI is InChI=1S/C17H12F3NO2/c1-23-16-12-3-2-4-14(22)15(12)13(9-21-16)10-5-7-11(8-6-10)17(18,19)20/h2-9,22H,1H3. The summed E-state index contributed by atoms with van der Waals surface area (Å²) in [5, 5.41) is 11.2. The molecule has 0 saturated heterocycles. The second-order valence-corrected chi connectivity index (χ2v) is 4.96. The minimum atomic E-state index is -4.39. The number of fused-ring (bicyclic) bond motifs is 1. The second-order valence-electron chi connectivity index (χ2n) is 4.96. The molecule has 1 aromatic heterocycles. The summed E-state index contributed by atoms with van der Waals surface area (Å²) in [5.74, 6) is 0.352. The Morgan fingerprint density at radius 1 is 1.04 bits per heavy atom. The molecule has 0 amide bonds.